The molecule has 1 aromatic carbocycles. The lowest BCUT2D eigenvalue weighted by Gasteiger charge is -2.12. The van der Waals surface area contributed by atoms with E-state index in [4.69, 9.17) is 29.6 Å². The molecule has 1 heterocycles. The Morgan fingerprint density at radius 2 is 2.09 bits per heavy atom. The standard InChI is InChI=1S/C14H13Cl2N5O/c1-3-7-17-20-13-18-12(21(4-2)14(22)19-13)9-5-6-10(15)11(16)8-9/h1,5-6,8,17H,4,7H2,2H3,(H,19,20,22). The van der Waals surface area contributed by atoms with Gasteiger partial charge in [-0.1, -0.05) is 29.1 Å². The predicted molar refractivity (Wildman–Crippen MR) is 87.9 cm³/mol. The molecule has 0 fully saturated rings. The zero-order valence-corrected chi connectivity index (χ0v) is 13.2. The minimum atomic E-state index is -0.427. The first-order valence-electron chi connectivity index (χ1n) is 6.43. The normalized spacial score (nSPS) is 10.3. The van der Waals surface area contributed by atoms with Gasteiger partial charge in [0.1, 0.15) is 5.82 Å². The summed E-state index contributed by atoms with van der Waals surface area (Å²) in [6.07, 6.45) is 5.13. The molecule has 0 aliphatic heterocycles. The molecule has 0 radical (unpaired) electrons. The fourth-order valence-electron chi connectivity index (χ4n) is 1.80. The number of hydrazine groups is 1. The number of rotatable bonds is 5. The number of hydrogen-bond donors (Lipinski definition) is 2. The molecule has 0 spiro atoms. The van der Waals surface area contributed by atoms with Crippen LogP contribution in [-0.4, -0.2) is 21.1 Å². The van der Waals surface area contributed by atoms with E-state index in [0.717, 1.165) is 0 Å². The molecule has 114 valence electrons. The van der Waals surface area contributed by atoms with Crippen LogP contribution in [0.5, 0.6) is 0 Å². The molecule has 2 rings (SSSR count). The predicted octanol–water partition coefficient (Wildman–Crippen LogP) is 2.18. The maximum atomic E-state index is 12.1. The van der Waals surface area contributed by atoms with Crippen molar-refractivity contribution in [1.82, 2.24) is 20.0 Å². The van der Waals surface area contributed by atoms with Crippen molar-refractivity contribution in [2.75, 3.05) is 12.0 Å². The van der Waals surface area contributed by atoms with Crippen molar-refractivity contribution in [3.05, 3.63) is 38.7 Å². The average Bonchev–Trinajstić information content (AvgIpc) is 2.50. The third-order valence-corrected chi connectivity index (χ3v) is 3.52. The van der Waals surface area contributed by atoms with Crippen LogP contribution in [0.15, 0.2) is 23.0 Å². The Morgan fingerprint density at radius 1 is 1.32 bits per heavy atom. The van der Waals surface area contributed by atoms with Gasteiger partial charge in [0.15, 0.2) is 0 Å². The Labute approximate surface area is 137 Å². The quantitative estimate of drug-likeness (QED) is 0.497. The molecule has 1 aromatic heterocycles. The van der Waals surface area contributed by atoms with E-state index in [1.54, 1.807) is 18.2 Å². The van der Waals surface area contributed by atoms with Gasteiger partial charge < -0.3 is 0 Å². The summed E-state index contributed by atoms with van der Waals surface area (Å²) in [5.74, 6) is 2.96. The minimum Gasteiger partial charge on any atom is -0.289 e. The smallest absolute Gasteiger partial charge is 0.289 e. The molecule has 0 aliphatic carbocycles. The Bertz CT molecular complexity index is 782. The fraction of sp³-hybridized carbons (Fsp3) is 0.214. The van der Waals surface area contributed by atoms with Gasteiger partial charge in [-0.3, -0.25) is 9.99 Å². The topological polar surface area (TPSA) is 71.8 Å². The highest BCUT2D eigenvalue weighted by Gasteiger charge is 2.12. The molecule has 0 atom stereocenters. The van der Waals surface area contributed by atoms with E-state index in [1.165, 1.54) is 4.57 Å². The number of nitrogens with one attached hydrogen (secondary N) is 2. The van der Waals surface area contributed by atoms with Gasteiger partial charge in [-0.05, 0) is 25.1 Å². The number of terminal acetylenes is 1. The summed E-state index contributed by atoms with van der Waals surface area (Å²) in [7, 11) is 0. The molecule has 22 heavy (non-hydrogen) atoms. The van der Waals surface area contributed by atoms with Crippen LogP contribution in [0.4, 0.5) is 5.95 Å². The van der Waals surface area contributed by atoms with Gasteiger partial charge in [0, 0.05) is 12.1 Å². The van der Waals surface area contributed by atoms with E-state index in [9.17, 15) is 4.79 Å². The SMILES string of the molecule is C#CCNNc1nc(-c2ccc(Cl)c(Cl)c2)n(CC)c(=O)n1. The van der Waals surface area contributed by atoms with Crippen molar-refractivity contribution in [1.29, 1.82) is 0 Å². The minimum absolute atomic E-state index is 0.131. The highest BCUT2D eigenvalue weighted by Crippen LogP contribution is 2.27. The molecular weight excluding hydrogens is 325 g/mol. The fourth-order valence-corrected chi connectivity index (χ4v) is 2.10. The summed E-state index contributed by atoms with van der Waals surface area (Å²) in [6.45, 7) is 2.52. The summed E-state index contributed by atoms with van der Waals surface area (Å²) in [5.41, 5.74) is 5.63. The van der Waals surface area contributed by atoms with Crippen LogP contribution in [-0.2, 0) is 6.54 Å². The summed E-state index contributed by atoms with van der Waals surface area (Å²) in [4.78, 5) is 20.3. The van der Waals surface area contributed by atoms with Crippen LogP contribution >= 0.6 is 23.2 Å². The second-order valence-electron chi connectivity index (χ2n) is 4.21. The second-order valence-corrected chi connectivity index (χ2v) is 5.02. The monoisotopic (exact) mass is 337 g/mol. The Morgan fingerprint density at radius 3 is 2.73 bits per heavy atom. The number of benzene rings is 1. The first kappa shape index (κ1) is 16.3. The van der Waals surface area contributed by atoms with E-state index in [0.29, 0.717) is 28.0 Å². The van der Waals surface area contributed by atoms with Crippen molar-refractivity contribution in [2.24, 2.45) is 0 Å². The molecule has 0 aliphatic rings. The van der Waals surface area contributed by atoms with Crippen LogP contribution in [0, 0.1) is 12.3 Å². The van der Waals surface area contributed by atoms with E-state index in [2.05, 4.69) is 26.7 Å². The van der Waals surface area contributed by atoms with Crippen LogP contribution in [0.25, 0.3) is 11.4 Å². The van der Waals surface area contributed by atoms with Gasteiger partial charge in [-0.15, -0.1) is 6.42 Å². The molecule has 0 saturated carbocycles. The molecular formula is C14H13Cl2N5O. The van der Waals surface area contributed by atoms with Gasteiger partial charge in [-0.2, -0.15) is 9.97 Å². The number of aromatic nitrogens is 3. The largest absolute Gasteiger partial charge is 0.352 e. The first-order chi connectivity index (χ1) is 10.6. The number of anilines is 1. The Balaban J connectivity index is 2.49. The second kappa shape index (κ2) is 7.27. The maximum Gasteiger partial charge on any atom is 0.352 e. The third-order valence-electron chi connectivity index (χ3n) is 2.78. The lowest BCUT2D eigenvalue weighted by molar-refractivity contribution is 0.683. The zero-order chi connectivity index (χ0) is 16.1. The zero-order valence-electron chi connectivity index (χ0n) is 11.7. The number of halogens is 2. The highest BCUT2D eigenvalue weighted by atomic mass is 35.5. The van der Waals surface area contributed by atoms with Crippen LogP contribution < -0.4 is 16.5 Å². The van der Waals surface area contributed by atoms with E-state index < -0.39 is 5.69 Å². The molecule has 0 unspecified atom stereocenters. The Hall–Kier alpha value is -2.07. The van der Waals surface area contributed by atoms with Gasteiger partial charge in [0.05, 0.1) is 16.6 Å². The molecule has 2 N–H and O–H groups in total. The third kappa shape index (κ3) is 3.57. The molecule has 8 heteroatoms. The van der Waals surface area contributed by atoms with E-state index in [-0.39, 0.29) is 12.5 Å². The van der Waals surface area contributed by atoms with Crippen molar-refractivity contribution in [3.8, 4) is 23.7 Å². The van der Waals surface area contributed by atoms with Gasteiger partial charge in [0.2, 0.25) is 5.95 Å². The number of hydrogen-bond acceptors (Lipinski definition) is 5. The highest BCUT2D eigenvalue weighted by molar-refractivity contribution is 6.42. The molecule has 0 amide bonds. The summed E-state index contributed by atoms with van der Waals surface area (Å²) >= 11 is 11.9. The van der Waals surface area contributed by atoms with Crippen molar-refractivity contribution < 1.29 is 0 Å². The summed E-state index contributed by atoms with van der Waals surface area (Å²) < 4.78 is 1.44. The maximum absolute atomic E-state index is 12.1. The van der Waals surface area contributed by atoms with Crippen LogP contribution in [0.3, 0.4) is 0 Å². The van der Waals surface area contributed by atoms with Gasteiger partial charge >= 0.3 is 5.69 Å². The van der Waals surface area contributed by atoms with E-state index >= 15 is 0 Å². The first-order valence-corrected chi connectivity index (χ1v) is 7.19. The van der Waals surface area contributed by atoms with Crippen LogP contribution in [0.1, 0.15) is 6.92 Å². The molecule has 6 nitrogen and oxygen atoms in total. The average molecular weight is 338 g/mol. The summed E-state index contributed by atoms with van der Waals surface area (Å²) in [5, 5.41) is 0.812. The van der Waals surface area contributed by atoms with Gasteiger partial charge in [0.25, 0.3) is 0 Å². The van der Waals surface area contributed by atoms with E-state index in [1.807, 2.05) is 6.92 Å². The Kier molecular flexibility index (Phi) is 5.39. The van der Waals surface area contributed by atoms with Crippen molar-refractivity contribution in [3.63, 3.8) is 0 Å². The number of nitrogens with zero attached hydrogens (tertiary/aromatic N) is 3. The lowest BCUT2D eigenvalue weighted by Crippen LogP contribution is -2.30. The van der Waals surface area contributed by atoms with Crippen molar-refractivity contribution >= 4 is 29.2 Å². The molecule has 0 saturated heterocycles. The van der Waals surface area contributed by atoms with Gasteiger partial charge in [-0.25, -0.2) is 10.2 Å². The molecule has 2 aromatic rings. The van der Waals surface area contributed by atoms with Crippen molar-refractivity contribution in [2.45, 2.75) is 13.5 Å². The van der Waals surface area contributed by atoms with Crippen LogP contribution in [0.2, 0.25) is 10.0 Å². The molecule has 0 bridgehead atoms. The lowest BCUT2D eigenvalue weighted by atomic mass is 10.2. The summed E-state index contributed by atoms with van der Waals surface area (Å²) in [6, 6.07) is 5.03.